The molecule has 1 atom stereocenters. The maximum absolute atomic E-state index is 13.7. The van der Waals surface area contributed by atoms with Crippen molar-refractivity contribution in [1.29, 1.82) is 0 Å². The lowest BCUT2D eigenvalue weighted by atomic mass is 9.75. The van der Waals surface area contributed by atoms with E-state index in [1.807, 2.05) is 22.1 Å². The fourth-order valence-electron chi connectivity index (χ4n) is 5.48. The Morgan fingerprint density at radius 2 is 2.06 bits per heavy atom. The van der Waals surface area contributed by atoms with Crippen molar-refractivity contribution in [2.75, 3.05) is 19.6 Å². The van der Waals surface area contributed by atoms with Crippen LogP contribution in [0.5, 0.6) is 0 Å². The Labute approximate surface area is 195 Å². The zero-order valence-corrected chi connectivity index (χ0v) is 19.7. The highest BCUT2D eigenvalue weighted by atomic mass is 19.1. The van der Waals surface area contributed by atoms with Crippen LogP contribution in [0.25, 0.3) is 0 Å². The van der Waals surface area contributed by atoms with Crippen LogP contribution in [0.15, 0.2) is 36.7 Å². The number of H-pyrrole nitrogens is 1. The van der Waals surface area contributed by atoms with Gasteiger partial charge >= 0.3 is 0 Å². The molecule has 1 spiro atoms. The molecule has 33 heavy (non-hydrogen) atoms. The highest BCUT2D eigenvalue weighted by Gasteiger charge is 2.52. The number of aryl methyl sites for hydroxylation is 1. The van der Waals surface area contributed by atoms with Crippen LogP contribution in [0.3, 0.4) is 0 Å². The van der Waals surface area contributed by atoms with E-state index in [0.29, 0.717) is 44.7 Å². The van der Waals surface area contributed by atoms with Gasteiger partial charge in [-0.1, -0.05) is 26.0 Å². The van der Waals surface area contributed by atoms with Crippen LogP contribution in [0.4, 0.5) is 4.39 Å². The van der Waals surface area contributed by atoms with Gasteiger partial charge < -0.3 is 9.80 Å². The predicted molar refractivity (Wildman–Crippen MR) is 125 cm³/mol. The quantitative estimate of drug-likeness (QED) is 0.656. The van der Waals surface area contributed by atoms with E-state index in [4.69, 9.17) is 0 Å². The van der Waals surface area contributed by atoms with Gasteiger partial charge in [0.05, 0.1) is 11.6 Å². The summed E-state index contributed by atoms with van der Waals surface area (Å²) < 4.78 is 13.7. The summed E-state index contributed by atoms with van der Waals surface area (Å²) in [6, 6.07) is 6.79. The molecule has 0 radical (unpaired) electrons. The first-order valence-corrected chi connectivity index (χ1v) is 12.2. The second-order valence-electron chi connectivity index (χ2n) is 10.2. The molecule has 1 aromatic carbocycles. The first-order chi connectivity index (χ1) is 15.9. The minimum absolute atomic E-state index is 0.0823. The van der Waals surface area contributed by atoms with Crippen LogP contribution < -0.4 is 0 Å². The van der Waals surface area contributed by atoms with Crippen molar-refractivity contribution in [2.24, 2.45) is 11.3 Å². The smallest absolute Gasteiger partial charge is 0.229 e. The summed E-state index contributed by atoms with van der Waals surface area (Å²) in [7, 11) is 0. The van der Waals surface area contributed by atoms with Gasteiger partial charge in [-0.05, 0) is 67.7 Å². The second-order valence-corrected chi connectivity index (χ2v) is 10.2. The average Bonchev–Trinajstić information content (AvgIpc) is 3.37. The van der Waals surface area contributed by atoms with E-state index >= 15 is 0 Å². The summed E-state index contributed by atoms with van der Waals surface area (Å²) in [5.41, 5.74) is 1.66. The topological polar surface area (TPSA) is 69.3 Å². The number of rotatable bonds is 8. The van der Waals surface area contributed by atoms with E-state index in [2.05, 4.69) is 24.0 Å². The minimum atomic E-state index is -0.388. The zero-order chi connectivity index (χ0) is 23.4. The number of benzene rings is 1. The first-order valence-electron chi connectivity index (χ1n) is 12.2. The molecule has 7 heteroatoms. The molecule has 2 amide bonds. The normalized spacial score (nSPS) is 20.2. The van der Waals surface area contributed by atoms with Crippen molar-refractivity contribution in [1.82, 2.24) is 20.0 Å². The van der Waals surface area contributed by atoms with Crippen LogP contribution in [-0.2, 0) is 22.4 Å². The summed E-state index contributed by atoms with van der Waals surface area (Å²) in [4.78, 5) is 30.3. The summed E-state index contributed by atoms with van der Waals surface area (Å²) in [5.74, 6) is 0.538. The molecular formula is C26H35FN4O2. The third-order valence-corrected chi connectivity index (χ3v) is 7.19. The highest BCUT2D eigenvalue weighted by molar-refractivity contribution is 5.86. The number of hydrogen-bond donors (Lipinski definition) is 1. The van der Waals surface area contributed by atoms with Gasteiger partial charge in [0.15, 0.2) is 0 Å². The first kappa shape index (κ1) is 23.5. The van der Waals surface area contributed by atoms with E-state index < -0.39 is 0 Å². The molecule has 2 fully saturated rings. The van der Waals surface area contributed by atoms with Crippen molar-refractivity contribution >= 4 is 11.8 Å². The van der Waals surface area contributed by atoms with Crippen molar-refractivity contribution in [3.05, 3.63) is 53.6 Å². The predicted octanol–water partition coefficient (Wildman–Crippen LogP) is 3.98. The number of amides is 2. The molecule has 3 heterocycles. The van der Waals surface area contributed by atoms with Crippen LogP contribution in [-0.4, -0.2) is 57.5 Å². The summed E-state index contributed by atoms with van der Waals surface area (Å²) in [6.07, 6.45) is 8.72. The molecule has 6 nitrogen and oxygen atoms in total. The molecule has 1 unspecified atom stereocenters. The SMILES string of the molecule is CC(C)CN1C(=O)C2(CCN(C(=O)CCCc3cn[nH]c3)CC2)CC1Cc1cccc(F)c1. The molecule has 2 aliphatic heterocycles. The number of likely N-dealkylation sites (tertiary alicyclic amines) is 2. The Hall–Kier alpha value is -2.70. The Balaban J connectivity index is 1.37. The Bertz CT molecular complexity index is 951. The molecule has 2 aliphatic rings. The fourth-order valence-corrected chi connectivity index (χ4v) is 5.48. The van der Waals surface area contributed by atoms with Gasteiger partial charge in [0.2, 0.25) is 11.8 Å². The average molecular weight is 455 g/mol. The molecule has 4 rings (SSSR count). The van der Waals surface area contributed by atoms with Crippen LogP contribution in [0, 0.1) is 17.2 Å². The maximum atomic E-state index is 13.7. The standard InChI is InChI=1S/C26H35FN4O2/c1-19(2)18-31-23(14-20-5-3-7-22(27)13-20)15-26(25(31)33)9-11-30(12-10-26)24(32)8-4-6-21-16-28-29-17-21/h3,5,7,13,16-17,19,23H,4,6,8-12,14-15,18H2,1-2H3,(H,28,29). The number of hydrogen-bond acceptors (Lipinski definition) is 3. The maximum Gasteiger partial charge on any atom is 0.229 e. The number of aromatic amines is 1. The Morgan fingerprint density at radius 1 is 1.27 bits per heavy atom. The number of piperidine rings is 1. The molecule has 0 saturated carbocycles. The van der Waals surface area contributed by atoms with Gasteiger partial charge in [0, 0.05) is 38.3 Å². The van der Waals surface area contributed by atoms with E-state index in [9.17, 15) is 14.0 Å². The van der Waals surface area contributed by atoms with Crippen molar-refractivity contribution in [3.8, 4) is 0 Å². The van der Waals surface area contributed by atoms with E-state index in [0.717, 1.165) is 36.9 Å². The second kappa shape index (κ2) is 10.1. The van der Waals surface area contributed by atoms with Gasteiger partial charge in [0.1, 0.15) is 5.82 Å². The van der Waals surface area contributed by atoms with E-state index in [1.54, 1.807) is 18.3 Å². The Morgan fingerprint density at radius 3 is 2.73 bits per heavy atom. The number of nitrogens with one attached hydrogen (secondary N) is 1. The van der Waals surface area contributed by atoms with E-state index in [-0.39, 0.29) is 29.1 Å². The van der Waals surface area contributed by atoms with Crippen molar-refractivity contribution < 1.29 is 14.0 Å². The van der Waals surface area contributed by atoms with Crippen LogP contribution >= 0.6 is 0 Å². The van der Waals surface area contributed by atoms with E-state index in [1.165, 1.54) is 6.07 Å². The van der Waals surface area contributed by atoms with Gasteiger partial charge in [0.25, 0.3) is 0 Å². The summed E-state index contributed by atoms with van der Waals surface area (Å²) in [6.45, 7) is 6.25. The third-order valence-electron chi connectivity index (χ3n) is 7.19. The summed E-state index contributed by atoms with van der Waals surface area (Å²) >= 11 is 0. The van der Waals surface area contributed by atoms with Gasteiger partial charge in [-0.3, -0.25) is 14.7 Å². The monoisotopic (exact) mass is 454 g/mol. The molecule has 1 aromatic heterocycles. The van der Waals surface area contributed by atoms with Crippen LogP contribution in [0.2, 0.25) is 0 Å². The van der Waals surface area contributed by atoms with Gasteiger partial charge in [-0.25, -0.2) is 4.39 Å². The summed E-state index contributed by atoms with van der Waals surface area (Å²) in [5, 5.41) is 6.74. The molecule has 0 bridgehead atoms. The molecule has 2 aromatic rings. The van der Waals surface area contributed by atoms with Crippen LogP contribution in [0.1, 0.15) is 57.1 Å². The molecule has 1 N–H and O–H groups in total. The lowest BCUT2D eigenvalue weighted by Gasteiger charge is -2.38. The number of aromatic nitrogens is 2. The molecule has 178 valence electrons. The largest absolute Gasteiger partial charge is 0.343 e. The fraction of sp³-hybridized carbons (Fsp3) is 0.577. The Kier molecular flexibility index (Phi) is 7.15. The minimum Gasteiger partial charge on any atom is -0.343 e. The number of carbonyl (C=O) groups excluding carboxylic acids is 2. The van der Waals surface area contributed by atoms with Gasteiger partial charge in [-0.2, -0.15) is 5.10 Å². The molecule has 0 aliphatic carbocycles. The highest BCUT2D eigenvalue weighted by Crippen LogP contribution is 2.45. The lowest BCUT2D eigenvalue weighted by molar-refractivity contribution is -0.143. The molecule has 2 saturated heterocycles. The zero-order valence-electron chi connectivity index (χ0n) is 19.7. The lowest BCUT2D eigenvalue weighted by Crippen LogP contribution is -2.47. The van der Waals surface area contributed by atoms with Crippen molar-refractivity contribution in [2.45, 2.75) is 64.8 Å². The van der Waals surface area contributed by atoms with Crippen molar-refractivity contribution in [3.63, 3.8) is 0 Å². The number of halogens is 1. The third kappa shape index (κ3) is 5.45. The van der Waals surface area contributed by atoms with Gasteiger partial charge in [-0.15, -0.1) is 0 Å². The number of nitrogens with zero attached hydrogens (tertiary/aromatic N) is 3. The number of carbonyl (C=O) groups is 2. The molecular weight excluding hydrogens is 419 g/mol.